The Balaban J connectivity index is 2.79. The number of ether oxygens (including phenoxy) is 2. The van der Waals surface area contributed by atoms with Crippen LogP contribution >= 0.6 is 0 Å². The number of methoxy groups -OCH3 is 1. The molecule has 0 saturated heterocycles. The van der Waals surface area contributed by atoms with Gasteiger partial charge in [-0.25, -0.2) is 4.79 Å². The van der Waals surface area contributed by atoms with Gasteiger partial charge in [0.2, 0.25) is 0 Å². The van der Waals surface area contributed by atoms with Gasteiger partial charge in [-0.3, -0.25) is 4.79 Å². The second kappa shape index (κ2) is 7.15. The SMILES string of the molecule is COC(=O)c1ccc(OC(NC(=O)C(F)(F)F)C(C)C)cc1. The highest BCUT2D eigenvalue weighted by Gasteiger charge is 2.40. The molecule has 0 aliphatic carbocycles. The maximum atomic E-state index is 12.3. The van der Waals surface area contributed by atoms with Gasteiger partial charge in [0, 0.05) is 5.92 Å². The molecule has 0 heterocycles. The summed E-state index contributed by atoms with van der Waals surface area (Å²) in [5.41, 5.74) is 0.273. The topological polar surface area (TPSA) is 64.6 Å². The first kappa shape index (κ1) is 17.8. The number of hydrogen-bond acceptors (Lipinski definition) is 4. The fourth-order valence-corrected chi connectivity index (χ4v) is 1.48. The Bertz CT molecular complexity index is 526. The lowest BCUT2D eigenvalue weighted by Crippen LogP contribution is -2.48. The zero-order valence-electron chi connectivity index (χ0n) is 12.2. The quantitative estimate of drug-likeness (QED) is 0.669. The molecule has 1 atom stereocenters. The molecular weight excluding hydrogens is 303 g/mol. The van der Waals surface area contributed by atoms with Gasteiger partial charge in [0.05, 0.1) is 12.7 Å². The molecule has 1 aromatic carbocycles. The van der Waals surface area contributed by atoms with E-state index in [0.29, 0.717) is 0 Å². The molecule has 1 amide bonds. The lowest BCUT2D eigenvalue weighted by molar-refractivity contribution is -0.176. The summed E-state index contributed by atoms with van der Waals surface area (Å²) in [5.74, 6) is -2.80. The zero-order chi connectivity index (χ0) is 16.9. The molecule has 0 saturated carbocycles. The van der Waals surface area contributed by atoms with E-state index in [2.05, 4.69) is 4.74 Å². The van der Waals surface area contributed by atoms with Crippen molar-refractivity contribution in [3.05, 3.63) is 29.8 Å². The number of amides is 1. The maximum absolute atomic E-state index is 12.3. The van der Waals surface area contributed by atoms with Crippen LogP contribution in [-0.2, 0) is 9.53 Å². The number of rotatable bonds is 5. The summed E-state index contributed by atoms with van der Waals surface area (Å²) >= 11 is 0. The minimum atomic E-state index is -4.98. The summed E-state index contributed by atoms with van der Waals surface area (Å²) in [7, 11) is 1.23. The Morgan fingerprint density at radius 1 is 1.14 bits per heavy atom. The number of hydrogen-bond donors (Lipinski definition) is 1. The Morgan fingerprint density at radius 2 is 1.68 bits per heavy atom. The summed E-state index contributed by atoms with van der Waals surface area (Å²) in [6.45, 7) is 3.20. The van der Waals surface area contributed by atoms with Crippen LogP contribution in [0, 0.1) is 5.92 Å². The summed E-state index contributed by atoms with van der Waals surface area (Å²) in [5, 5.41) is 1.78. The number of carbonyl (C=O) groups excluding carboxylic acids is 2. The van der Waals surface area contributed by atoms with Crippen LogP contribution in [0.4, 0.5) is 13.2 Å². The van der Waals surface area contributed by atoms with Crippen molar-refractivity contribution in [3.63, 3.8) is 0 Å². The molecule has 1 unspecified atom stereocenters. The highest BCUT2D eigenvalue weighted by Crippen LogP contribution is 2.19. The number of benzene rings is 1. The molecule has 122 valence electrons. The van der Waals surface area contributed by atoms with Crippen LogP contribution in [0.2, 0.25) is 0 Å². The second-order valence-corrected chi connectivity index (χ2v) is 4.77. The number of esters is 1. The standard InChI is InChI=1S/C14H16F3NO4/c1-8(2)11(18-13(20)14(15,16)17)22-10-6-4-9(5-7-10)12(19)21-3/h4-8,11H,1-3H3,(H,18,20). The number of alkyl halides is 3. The predicted octanol–water partition coefficient (Wildman–Crippen LogP) is 2.51. The predicted molar refractivity (Wildman–Crippen MR) is 71.2 cm³/mol. The Morgan fingerprint density at radius 3 is 2.09 bits per heavy atom. The Hall–Kier alpha value is -2.25. The molecule has 0 aliphatic heterocycles. The van der Waals surface area contributed by atoms with Crippen LogP contribution in [0.5, 0.6) is 5.75 Å². The highest BCUT2D eigenvalue weighted by molar-refractivity contribution is 5.89. The summed E-state index contributed by atoms with van der Waals surface area (Å²) in [4.78, 5) is 22.2. The van der Waals surface area contributed by atoms with Gasteiger partial charge >= 0.3 is 18.1 Å². The van der Waals surface area contributed by atoms with Crippen LogP contribution in [0.3, 0.4) is 0 Å². The van der Waals surface area contributed by atoms with Gasteiger partial charge in [-0.2, -0.15) is 13.2 Å². The Kier molecular flexibility index (Phi) is 5.78. The van der Waals surface area contributed by atoms with Crippen LogP contribution in [-0.4, -0.2) is 31.4 Å². The van der Waals surface area contributed by atoms with E-state index in [9.17, 15) is 22.8 Å². The number of nitrogens with one attached hydrogen (secondary N) is 1. The molecule has 0 aromatic heterocycles. The summed E-state index contributed by atoms with van der Waals surface area (Å²) in [6.07, 6.45) is -6.14. The van der Waals surface area contributed by atoms with Gasteiger partial charge in [0.1, 0.15) is 5.75 Å². The summed E-state index contributed by atoms with van der Waals surface area (Å²) in [6, 6.07) is 5.62. The third kappa shape index (κ3) is 4.94. The van der Waals surface area contributed by atoms with Crippen molar-refractivity contribution >= 4 is 11.9 Å². The lowest BCUT2D eigenvalue weighted by atomic mass is 10.2. The van der Waals surface area contributed by atoms with Crippen LogP contribution in [0.15, 0.2) is 24.3 Å². The van der Waals surface area contributed by atoms with Gasteiger partial charge in [0.15, 0.2) is 6.23 Å². The van der Waals surface area contributed by atoms with Crippen molar-refractivity contribution in [2.24, 2.45) is 5.92 Å². The van der Waals surface area contributed by atoms with Gasteiger partial charge in [-0.05, 0) is 24.3 Å². The van der Waals surface area contributed by atoms with E-state index in [1.807, 2.05) is 0 Å². The van der Waals surface area contributed by atoms with Gasteiger partial charge in [-0.15, -0.1) is 0 Å². The maximum Gasteiger partial charge on any atom is 0.471 e. The van der Waals surface area contributed by atoms with E-state index in [0.717, 1.165) is 0 Å². The normalized spacial score (nSPS) is 12.7. The van der Waals surface area contributed by atoms with Crippen molar-refractivity contribution in [2.45, 2.75) is 26.3 Å². The molecule has 0 aliphatic rings. The first-order valence-electron chi connectivity index (χ1n) is 6.38. The lowest BCUT2D eigenvalue weighted by Gasteiger charge is -2.24. The van der Waals surface area contributed by atoms with Crippen LogP contribution in [0.1, 0.15) is 24.2 Å². The van der Waals surface area contributed by atoms with Gasteiger partial charge in [-0.1, -0.05) is 13.8 Å². The van der Waals surface area contributed by atoms with Gasteiger partial charge < -0.3 is 14.8 Å². The van der Waals surface area contributed by atoms with Gasteiger partial charge in [0.25, 0.3) is 0 Å². The van der Waals surface area contributed by atoms with E-state index in [1.165, 1.54) is 31.4 Å². The van der Waals surface area contributed by atoms with E-state index >= 15 is 0 Å². The van der Waals surface area contributed by atoms with Crippen LogP contribution in [0.25, 0.3) is 0 Å². The number of halogens is 3. The van der Waals surface area contributed by atoms with Crippen molar-refractivity contribution in [3.8, 4) is 5.75 Å². The Labute approximate surface area is 125 Å². The van der Waals surface area contributed by atoms with Crippen molar-refractivity contribution in [1.29, 1.82) is 0 Å². The monoisotopic (exact) mass is 319 g/mol. The fourth-order valence-electron chi connectivity index (χ4n) is 1.48. The molecule has 1 aromatic rings. The molecule has 5 nitrogen and oxygen atoms in total. The average Bonchev–Trinajstić information content (AvgIpc) is 2.45. The molecule has 1 rings (SSSR count). The van der Waals surface area contributed by atoms with E-state index in [4.69, 9.17) is 4.74 Å². The zero-order valence-corrected chi connectivity index (χ0v) is 12.2. The van der Waals surface area contributed by atoms with Crippen molar-refractivity contribution < 1.29 is 32.2 Å². The minimum absolute atomic E-state index is 0.217. The third-order valence-corrected chi connectivity index (χ3v) is 2.67. The smallest absolute Gasteiger partial charge is 0.470 e. The first-order chi connectivity index (χ1) is 10.1. The molecule has 22 heavy (non-hydrogen) atoms. The molecule has 0 fully saturated rings. The molecule has 0 radical (unpaired) electrons. The highest BCUT2D eigenvalue weighted by atomic mass is 19.4. The van der Waals surface area contributed by atoms with Crippen LogP contribution < -0.4 is 10.1 Å². The number of carbonyl (C=O) groups is 2. The third-order valence-electron chi connectivity index (χ3n) is 2.67. The molecule has 0 spiro atoms. The summed E-state index contributed by atoms with van der Waals surface area (Å²) < 4.78 is 46.7. The fraction of sp³-hybridized carbons (Fsp3) is 0.429. The van der Waals surface area contributed by atoms with E-state index in [1.54, 1.807) is 19.2 Å². The van der Waals surface area contributed by atoms with Crippen molar-refractivity contribution in [2.75, 3.05) is 7.11 Å². The van der Waals surface area contributed by atoms with E-state index in [-0.39, 0.29) is 11.3 Å². The molecular formula is C14H16F3NO4. The minimum Gasteiger partial charge on any atom is -0.470 e. The second-order valence-electron chi connectivity index (χ2n) is 4.77. The molecule has 0 bridgehead atoms. The largest absolute Gasteiger partial charge is 0.471 e. The van der Waals surface area contributed by atoms with E-state index < -0.39 is 30.2 Å². The average molecular weight is 319 g/mol. The first-order valence-corrected chi connectivity index (χ1v) is 6.38. The molecule has 1 N–H and O–H groups in total. The van der Waals surface area contributed by atoms with Crippen molar-refractivity contribution in [1.82, 2.24) is 5.32 Å². The molecule has 8 heteroatoms.